The van der Waals surface area contributed by atoms with Crippen LogP contribution >= 0.6 is 23.4 Å². The van der Waals surface area contributed by atoms with Gasteiger partial charge in [-0.15, -0.1) is 0 Å². The van der Waals surface area contributed by atoms with Crippen LogP contribution < -0.4 is 5.32 Å². The zero-order valence-corrected chi connectivity index (χ0v) is 17.2. The summed E-state index contributed by atoms with van der Waals surface area (Å²) in [6.07, 6.45) is 1.64. The summed E-state index contributed by atoms with van der Waals surface area (Å²) in [7, 11) is 0. The number of nitrogens with one attached hydrogen (secondary N) is 1. The van der Waals surface area contributed by atoms with Crippen LogP contribution in [0.2, 0.25) is 5.02 Å². The molecule has 1 fully saturated rings. The number of thioether (sulfide) groups is 1. The Balaban J connectivity index is 1.64. The normalized spacial score (nSPS) is 16.7. The Morgan fingerprint density at radius 3 is 2.66 bits per heavy atom. The van der Waals surface area contributed by atoms with Crippen LogP contribution in [0, 0.1) is 5.92 Å². The number of alkyl halides is 2. The Hall–Kier alpha value is -2.12. The van der Waals surface area contributed by atoms with Gasteiger partial charge in [-0.25, -0.2) is 0 Å². The third kappa shape index (κ3) is 5.93. The lowest BCUT2D eigenvalue weighted by molar-refractivity contribution is -0.133. The van der Waals surface area contributed by atoms with Crippen molar-refractivity contribution in [2.75, 3.05) is 18.4 Å². The minimum absolute atomic E-state index is 0.0228. The zero-order valence-electron chi connectivity index (χ0n) is 15.6. The van der Waals surface area contributed by atoms with Crippen LogP contribution in [0.25, 0.3) is 0 Å². The lowest BCUT2D eigenvalue weighted by Gasteiger charge is -2.32. The standard InChI is InChI=1S/C21H21ClF2N2O2S/c22-16-9-4-10-17(19(16)29-21(23)24)25-20(28)15-8-5-11-26(13-15)18(27)12-14-6-2-1-3-7-14/h1-4,6-7,9-10,15,21H,5,8,11-13H2,(H,25,28). The van der Waals surface area contributed by atoms with E-state index in [0.717, 1.165) is 5.56 Å². The summed E-state index contributed by atoms with van der Waals surface area (Å²) in [5.74, 6) is -3.36. The highest BCUT2D eigenvalue weighted by molar-refractivity contribution is 7.99. The largest absolute Gasteiger partial charge is 0.342 e. The first kappa shape index (κ1) is 21.6. The summed E-state index contributed by atoms with van der Waals surface area (Å²) < 4.78 is 25.7. The number of rotatable bonds is 6. The van der Waals surface area contributed by atoms with Crippen molar-refractivity contribution in [2.45, 2.75) is 29.9 Å². The predicted octanol–water partition coefficient (Wildman–Crippen LogP) is 5.07. The van der Waals surface area contributed by atoms with Crippen LogP contribution in [0.3, 0.4) is 0 Å². The molecular weight excluding hydrogens is 418 g/mol. The van der Waals surface area contributed by atoms with Gasteiger partial charge in [0, 0.05) is 13.1 Å². The first-order valence-corrected chi connectivity index (χ1v) is 10.6. The quantitative estimate of drug-likeness (QED) is 0.640. The molecule has 29 heavy (non-hydrogen) atoms. The molecule has 2 aromatic rings. The Morgan fingerprint density at radius 2 is 1.93 bits per heavy atom. The summed E-state index contributed by atoms with van der Waals surface area (Å²) in [5.41, 5.74) is 1.19. The van der Waals surface area contributed by atoms with E-state index < -0.39 is 11.7 Å². The second-order valence-corrected chi connectivity index (χ2v) is 8.23. The van der Waals surface area contributed by atoms with Crippen molar-refractivity contribution in [3.63, 3.8) is 0 Å². The monoisotopic (exact) mass is 438 g/mol. The average molecular weight is 439 g/mol. The van der Waals surface area contributed by atoms with Crippen molar-refractivity contribution >= 4 is 40.9 Å². The van der Waals surface area contributed by atoms with Crippen molar-refractivity contribution in [3.05, 3.63) is 59.1 Å². The molecule has 2 amide bonds. The molecule has 0 bridgehead atoms. The molecule has 0 saturated carbocycles. The van der Waals surface area contributed by atoms with Crippen molar-refractivity contribution in [1.29, 1.82) is 0 Å². The van der Waals surface area contributed by atoms with Gasteiger partial charge in [0.25, 0.3) is 5.76 Å². The number of hydrogen-bond acceptors (Lipinski definition) is 3. The van der Waals surface area contributed by atoms with Gasteiger partial charge < -0.3 is 10.2 Å². The molecule has 1 atom stereocenters. The molecule has 1 unspecified atom stereocenters. The molecule has 0 aliphatic carbocycles. The van der Waals surface area contributed by atoms with Crippen LogP contribution in [-0.2, 0) is 16.0 Å². The molecule has 1 N–H and O–H groups in total. The van der Waals surface area contributed by atoms with Crippen molar-refractivity contribution in [3.8, 4) is 0 Å². The van der Waals surface area contributed by atoms with E-state index in [0.29, 0.717) is 44.1 Å². The molecule has 2 aromatic carbocycles. The summed E-state index contributed by atoms with van der Waals surface area (Å²) >= 11 is 6.33. The molecule has 1 heterocycles. The fraction of sp³-hybridized carbons (Fsp3) is 0.333. The minimum Gasteiger partial charge on any atom is -0.342 e. The maximum atomic E-state index is 12.8. The van der Waals surface area contributed by atoms with Gasteiger partial charge in [-0.05, 0) is 30.5 Å². The van der Waals surface area contributed by atoms with Crippen molar-refractivity contribution < 1.29 is 18.4 Å². The molecule has 0 aromatic heterocycles. The molecule has 3 rings (SSSR count). The minimum atomic E-state index is -2.65. The third-order valence-corrected chi connectivity index (χ3v) is 6.06. The molecule has 1 saturated heterocycles. The summed E-state index contributed by atoms with van der Waals surface area (Å²) in [5, 5.41) is 2.88. The summed E-state index contributed by atoms with van der Waals surface area (Å²) in [4.78, 5) is 27.2. The SMILES string of the molecule is O=C(Nc1cccc(Cl)c1SC(F)F)C1CCCN(C(=O)Cc2ccccc2)C1. The van der Waals surface area contributed by atoms with E-state index in [-0.39, 0.29) is 27.4 Å². The maximum absolute atomic E-state index is 12.8. The predicted molar refractivity (Wildman–Crippen MR) is 111 cm³/mol. The highest BCUT2D eigenvalue weighted by Crippen LogP contribution is 2.38. The molecule has 1 aliphatic heterocycles. The fourth-order valence-electron chi connectivity index (χ4n) is 3.35. The van der Waals surface area contributed by atoms with Crippen LogP contribution in [-0.4, -0.2) is 35.6 Å². The lowest BCUT2D eigenvalue weighted by atomic mass is 9.96. The van der Waals surface area contributed by atoms with Crippen LogP contribution in [0.15, 0.2) is 53.4 Å². The number of piperidine rings is 1. The number of nitrogens with zero attached hydrogens (tertiary/aromatic N) is 1. The third-order valence-electron chi connectivity index (χ3n) is 4.77. The molecule has 154 valence electrons. The number of hydrogen-bond donors (Lipinski definition) is 1. The Kier molecular flexibility index (Phi) is 7.50. The second-order valence-electron chi connectivity index (χ2n) is 6.83. The number of halogens is 3. The number of benzene rings is 2. The van der Waals surface area contributed by atoms with E-state index >= 15 is 0 Å². The number of amides is 2. The number of anilines is 1. The number of carbonyl (C=O) groups excluding carboxylic acids is 2. The van der Waals surface area contributed by atoms with Gasteiger partial charge in [-0.3, -0.25) is 9.59 Å². The van der Waals surface area contributed by atoms with Crippen LogP contribution in [0.5, 0.6) is 0 Å². The van der Waals surface area contributed by atoms with Gasteiger partial charge in [-0.1, -0.05) is 59.8 Å². The molecule has 0 radical (unpaired) electrons. The van der Waals surface area contributed by atoms with E-state index in [9.17, 15) is 18.4 Å². The van der Waals surface area contributed by atoms with Crippen LogP contribution in [0.4, 0.5) is 14.5 Å². The van der Waals surface area contributed by atoms with Crippen molar-refractivity contribution in [1.82, 2.24) is 4.90 Å². The van der Waals surface area contributed by atoms with E-state index in [1.54, 1.807) is 17.0 Å². The smallest absolute Gasteiger partial charge is 0.289 e. The van der Waals surface area contributed by atoms with Gasteiger partial charge in [0.1, 0.15) is 0 Å². The molecule has 4 nitrogen and oxygen atoms in total. The maximum Gasteiger partial charge on any atom is 0.289 e. The molecular formula is C21H21ClF2N2O2S. The van der Waals surface area contributed by atoms with E-state index in [4.69, 9.17) is 11.6 Å². The van der Waals surface area contributed by atoms with Gasteiger partial charge in [-0.2, -0.15) is 8.78 Å². The van der Waals surface area contributed by atoms with Gasteiger partial charge in [0.15, 0.2) is 0 Å². The lowest BCUT2D eigenvalue weighted by Crippen LogP contribution is -2.44. The Morgan fingerprint density at radius 1 is 1.17 bits per heavy atom. The first-order valence-electron chi connectivity index (χ1n) is 9.30. The van der Waals surface area contributed by atoms with Crippen LogP contribution in [0.1, 0.15) is 18.4 Å². The highest BCUT2D eigenvalue weighted by atomic mass is 35.5. The van der Waals surface area contributed by atoms with Gasteiger partial charge in [0.2, 0.25) is 11.8 Å². The Bertz CT molecular complexity index is 867. The van der Waals surface area contributed by atoms with E-state index in [1.807, 2.05) is 30.3 Å². The number of likely N-dealkylation sites (tertiary alicyclic amines) is 1. The van der Waals surface area contributed by atoms with Gasteiger partial charge >= 0.3 is 0 Å². The molecule has 8 heteroatoms. The van der Waals surface area contributed by atoms with E-state index in [2.05, 4.69) is 5.32 Å². The van der Waals surface area contributed by atoms with E-state index in [1.165, 1.54) is 6.07 Å². The van der Waals surface area contributed by atoms with Gasteiger partial charge in [0.05, 0.1) is 27.9 Å². The summed E-state index contributed by atoms with van der Waals surface area (Å²) in [6, 6.07) is 14.1. The van der Waals surface area contributed by atoms with Crippen molar-refractivity contribution in [2.24, 2.45) is 5.92 Å². The Labute approximate surface area is 177 Å². The average Bonchev–Trinajstić information content (AvgIpc) is 2.71. The molecule has 1 aliphatic rings. The summed E-state index contributed by atoms with van der Waals surface area (Å²) in [6.45, 7) is 0.925. The zero-order chi connectivity index (χ0) is 20.8. The fourth-order valence-corrected chi connectivity index (χ4v) is 4.26. The second kappa shape index (κ2) is 10.1. The topological polar surface area (TPSA) is 49.4 Å². The molecule has 0 spiro atoms. The highest BCUT2D eigenvalue weighted by Gasteiger charge is 2.29. The number of carbonyl (C=O) groups is 2. The first-order chi connectivity index (χ1) is 13.9.